The van der Waals surface area contributed by atoms with Gasteiger partial charge in [-0.3, -0.25) is 19.4 Å². The number of amides is 1. The molecule has 136 valence electrons. The van der Waals surface area contributed by atoms with Gasteiger partial charge in [-0.05, 0) is 43.3 Å². The molecule has 0 aliphatic heterocycles. The lowest BCUT2D eigenvalue weighted by molar-refractivity contribution is 0.0979. The molecule has 0 saturated carbocycles. The zero-order valence-corrected chi connectivity index (χ0v) is 15.6. The van der Waals surface area contributed by atoms with Gasteiger partial charge in [0.05, 0.1) is 22.5 Å². The first-order valence-electron chi connectivity index (χ1n) is 8.30. The average Bonchev–Trinajstić information content (AvgIpc) is 3.23. The summed E-state index contributed by atoms with van der Waals surface area (Å²) in [7, 11) is 1.79. The molecular weight excluding hydrogens is 365 g/mol. The minimum atomic E-state index is -0.333. The van der Waals surface area contributed by atoms with Crippen LogP contribution in [0.2, 0.25) is 0 Å². The van der Waals surface area contributed by atoms with Gasteiger partial charge in [-0.15, -0.1) is 0 Å². The number of pyridine rings is 1. The molecule has 0 saturated heterocycles. The quantitative estimate of drug-likeness (QED) is 0.540. The van der Waals surface area contributed by atoms with Crippen LogP contribution in [0.4, 0.5) is 9.52 Å². The molecule has 4 rings (SSSR count). The molecule has 0 radical (unpaired) electrons. The summed E-state index contributed by atoms with van der Waals surface area (Å²) in [4.78, 5) is 23.5. The third-order valence-corrected chi connectivity index (χ3v) is 5.24. The Morgan fingerprint density at radius 2 is 2.11 bits per heavy atom. The summed E-state index contributed by atoms with van der Waals surface area (Å²) < 4.78 is 15.9. The number of aromatic nitrogens is 4. The summed E-state index contributed by atoms with van der Waals surface area (Å²) in [6.07, 6.45) is 1.68. The van der Waals surface area contributed by atoms with Crippen LogP contribution < -0.4 is 4.90 Å². The van der Waals surface area contributed by atoms with E-state index in [2.05, 4.69) is 15.1 Å². The molecule has 1 aromatic carbocycles. The fraction of sp³-hybridized carbons (Fsp3) is 0.158. The molecule has 4 aromatic rings. The fourth-order valence-corrected chi connectivity index (χ4v) is 3.67. The molecule has 1 amide bonds. The largest absolute Gasteiger partial charge is 0.280 e. The highest BCUT2D eigenvalue weighted by Crippen LogP contribution is 2.31. The Morgan fingerprint density at radius 1 is 1.26 bits per heavy atom. The van der Waals surface area contributed by atoms with E-state index < -0.39 is 0 Å². The van der Waals surface area contributed by atoms with Gasteiger partial charge in [-0.2, -0.15) is 5.10 Å². The van der Waals surface area contributed by atoms with E-state index in [1.165, 1.54) is 28.4 Å². The van der Waals surface area contributed by atoms with Crippen LogP contribution in [0.3, 0.4) is 0 Å². The molecular formula is C19H16FN5OS. The Labute approximate surface area is 158 Å². The van der Waals surface area contributed by atoms with Crippen LogP contribution in [0, 0.1) is 12.7 Å². The molecule has 0 N–H and O–H groups in total. The molecule has 0 fully saturated rings. The standard InChI is InChI=1S/C19H16FN5OS/c1-12-9-16(23-24(12)2)18(26)25(11-14-5-3-4-8-21-14)19-22-15-7-6-13(20)10-17(15)27-19/h3-10H,11H2,1-2H3. The summed E-state index contributed by atoms with van der Waals surface area (Å²) in [5.41, 5.74) is 2.58. The van der Waals surface area contributed by atoms with Crippen LogP contribution in [-0.2, 0) is 13.6 Å². The number of thiazole rings is 1. The minimum Gasteiger partial charge on any atom is -0.276 e. The third kappa shape index (κ3) is 3.43. The van der Waals surface area contributed by atoms with E-state index in [4.69, 9.17) is 0 Å². The van der Waals surface area contributed by atoms with Gasteiger partial charge in [0.2, 0.25) is 0 Å². The number of benzene rings is 1. The Morgan fingerprint density at radius 3 is 2.81 bits per heavy atom. The van der Waals surface area contributed by atoms with E-state index in [9.17, 15) is 9.18 Å². The highest BCUT2D eigenvalue weighted by atomic mass is 32.1. The normalized spacial score (nSPS) is 11.1. The lowest BCUT2D eigenvalue weighted by Gasteiger charge is -2.18. The van der Waals surface area contributed by atoms with Crippen LogP contribution in [0.25, 0.3) is 10.2 Å². The smallest absolute Gasteiger partial charge is 0.276 e. The molecule has 0 spiro atoms. The fourth-order valence-electron chi connectivity index (χ4n) is 2.69. The Bertz CT molecular complexity index is 1100. The van der Waals surface area contributed by atoms with Crippen LogP contribution in [0.15, 0.2) is 48.7 Å². The van der Waals surface area contributed by atoms with Crippen LogP contribution in [0.1, 0.15) is 21.9 Å². The van der Waals surface area contributed by atoms with Gasteiger partial charge < -0.3 is 0 Å². The van der Waals surface area contributed by atoms with Gasteiger partial charge in [0, 0.05) is 18.9 Å². The number of rotatable bonds is 4. The molecule has 0 aliphatic carbocycles. The van der Waals surface area contributed by atoms with Gasteiger partial charge >= 0.3 is 0 Å². The van der Waals surface area contributed by atoms with Crippen molar-refractivity contribution in [1.82, 2.24) is 19.7 Å². The van der Waals surface area contributed by atoms with Crippen molar-refractivity contribution < 1.29 is 9.18 Å². The third-order valence-electron chi connectivity index (χ3n) is 4.19. The number of carbonyl (C=O) groups excluding carboxylic acids is 1. The van der Waals surface area contributed by atoms with Crippen LogP contribution in [0.5, 0.6) is 0 Å². The molecule has 0 bridgehead atoms. The lowest BCUT2D eigenvalue weighted by Crippen LogP contribution is -2.31. The molecule has 6 nitrogen and oxygen atoms in total. The van der Waals surface area contributed by atoms with Crippen molar-refractivity contribution >= 4 is 32.6 Å². The average molecular weight is 381 g/mol. The predicted octanol–water partition coefficient (Wildman–Crippen LogP) is 3.72. The topological polar surface area (TPSA) is 63.9 Å². The van der Waals surface area contributed by atoms with Crippen molar-refractivity contribution in [3.8, 4) is 0 Å². The van der Waals surface area contributed by atoms with Gasteiger partial charge in [0.1, 0.15) is 5.82 Å². The molecule has 27 heavy (non-hydrogen) atoms. The van der Waals surface area contributed by atoms with Gasteiger partial charge in [0.25, 0.3) is 5.91 Å². The molecule has 0 aliphatic rings. The van der Waals surface area contributed by atoms with Crippen molar-refractivity contribution in [2.75, 3.05) is 4.90 Å². The molecule has 3 aromatic heterocycles. The van der Waals surface area contributed by atoms with E-state index in [0.717, 1.165) is 11.4 Å². The first-order chi connectivity index (χ1) is 13.0. The zero-order chi connectivity index (χ0) is 19.0. The number of anilines is 1. The maximum atomic E-state index is 13.5. The zero-order valence-electron chi connectivity index (χ0n) is 14.8. The number of aryl methyl sites for hydroxylation is 2. The monoisotopic (exact) mass is 381 g/mol. The Kier molecular flexibility index (Phi) is 4.41. The number of hydrogen-bond acceptors (Lipinski definition) is 5. The molecule has 0 atom stereocenters. The second kappa shape index (κ2) is 6.88. The van der Waals surface area contributed by atoms with Crippen LogP contribution in [-0.4, -0.2) is 25.7 Å². The second-order valence-electron chi connectivity index (χ2n) is 6.12. The van der Waals surface area contributed by atoms with Crippen molar-refractivity contribution in [3.63, 3.8) is 0 Å². The van der Waals surface area contributed by atoms with Crippen LogP contribution >= 0.6 is 11.3 Å². The number of hydrogen-bond donors (Lipinski definition) is 0. The van der Waals surface area contributed by atoms with Crippen molar-refractivity contribution in [2.45, 2.75) is 13.5 Å². The van der Waals surface area contributed by atoms with Crippen molar-refractivity contribution in [3.05, 3.63) is 71.6 Å². The first-order valence-corrected chi connectivity index (χ1v) is 9.11. The maximum absolute atomic E-state index is 13.5. The Hall–Kier alpha value is -3.13. The number of nitrogens with zero attached hydrogens (tertiary/aromatic N) is 5. The number of halogens is 1. The molecule has 0 unspecified atom stereocenters. The summed E-state index contributed by atoms with van der Waals surface area (Å²) in [6, 6.07) is 11.7. The van der Waals surface area contributed by atoms with E-state index in [-0.39, 0.29) is 18.3 Å². The van der Waals surface area contributed by atoms with E-state index >= 15 is 0 Å². The number of fused-ring (bicyclic) bond motifs is 1. The van der Waals surface area contributed by atoms with Gasteiger partial charge in [-0.25, -0.2) is 9.37 Å². The van der Waals surface area contributed by atoms with Crippen molar-refractivity contribution in [2.24, 2.45) is 7.05 Å². The first kappa shape index (κ1) is 17.3. The highest BCUT2D eigenvalue weighted by molar-refractivity contribution is 7.22. The molecule has 8 heteroatoms. The maximum Gasteiger partial charge on any atom is 0.280 e. The molecule has 3 heterocycles. The minimum absolute atomic E-state index is 0.248. The van der Waals surface area contributed by atoms with Crippen molar-refractivity contribution in [1.29, 1.82) is 0 Å². The second-order valence-corrected chi connectivity index (χ2v) is 7.12. The SMILES string of the molecule is Cc1cc(C(=O)N(Cc2ccccn2)c2nc3ccc(F)cc3s2)nn1C. The van der Waals surface area contributed by atoms with E-state index in [0.29, 0.717) is 21.0 Å². The van der Waals surface area contributed by atoms with Gasteiger partial charge in [0.15, 0.2) is 10.8 Å². The predicted molar refractivity (Wildman–Crippen MR) is 102 cm³/mol. The van der Waals surface area contributed by atoms with Gasteiger partial charge in [-0.1, -0.05) is 17.4 Å². The summed E-state index contributed by atoms with van der Waals surface area (Å²) in [5, 5.41) is 4.77. The Balaban J connectivity index is 1.77. The summed E-state index contributed by atoms with van der Waals surface area (Å²) >= 11 is 1.26. The lowest BCUT2D eigenvalue weighted by atomic mass is 10.3. The van der Waals surface area contributed by atoms with E-state index in [1.54, 1.807) is 30.1 Å². The van der Waals surface area contributed by atoms with E-state index in [1.807, 2.05) is 25.1 Å². The summed E-state index contributed by atoms with van der Waals surface area (Å²) in [6.45, 7) is 2.13. The highest BCUT2D eigenvalue weighted by Gasteiger charge is 2.24. The summed E-state index contributed by atoms with van der Waals surface area (Å²) in [5.74, 6) is -0.607. The number of carbonyl (C=O) groups is 1.